The third kappa shape index (κ3) is 6.00. The van der Waals surface area contributed by atoms with Crippen molar-refractivity contribution in [2.24, 2.45) is 0 Å². The maximum absolute atomic E-state index is 13.7. The van der Waals surface area contributed by atoms with E-state index >= 15 is 0 Å². The van der Waals surface area contributed by atoms with E-state index in [-0.39, 0.29) is 30.5 Å². The first-order valence-corrected chi connectivity index (χ1v) is 13.1. The number of hydrogen-bond acceptors (Lipinski definition) is 3. The minimum Gasteiger partial charge on any atom is -0.300 e. The third-order valence-corrected chi connectivity index (χ3v) is 7.38. The lowest BCUT2D eigenvalue weighted by molar-refractivity contribution is -0.119. The van der Waals surface area contributed by atoms with Crippen LogP contribution in [0.3, 0.4) is 0 Å². The van der Waals surface area contributed by atoms with Gasteiger partial charge in [0.25, 0.3) is 0 Å². The molecule has 3 nitrogen and oxygen atoms in total. The summed E-state index contributed by atoms with van der Waals surface area (Å²) < 4.78 is 1.90. The Kier molecular flexibility index (Phi) is 8.49. The van der Waals surface area contributed by atoms with Crippen LogP contribution in [0.1, 0.15) is 58.1 Å². The lowest BCUT2D eigenvalue weighted by Gasteiger charge is -2.22. The third-order valence-electron chi connectivity index (χ3n) is 6.32. The predicted molar refractivity (Wildman–Crippen MR) is 149 cm³/mol. The van der Waals surface area contributed by atoms with Crippen LogP contribution in [0, 0.1) is 22.7 Å². The number of nitriles is 2. The molecule has 0 N–H and O–H groups in total. The lowest BCUT2D eigenvalue weighted by atomic mass is 9.80. The van der Waals surface area contributed by atoms with Crippen LogP contribution in [-0.4, -0.2) is 5.78 Å². The Morgan fingerprint density at radius 1 is 0.611 bits per heavy atom. The zero-order valence-corrected chi connectivity index (χ0v) is 22.5. The highest BCUT2D eigenvalue weighted by atomic mass is 79.9. The average Bonchev–Trinajstić information content (AvgIpc) is 2.91. The fraction of sp³-hybridized carbons (Fsp3) is 0.129. The van der Waals surface area contributed by atoms with Crippen LogP contribution < -0.4 is 0 Å². The van der Waals surface area contributed by atoms with Crippen molar-refractivity contribution in [2.45, 2.75) is 24.7 Å². The second-order valence-electron chi connectivity index (χ2n) is 8.55. The highest BCUT2D eigenvalue weighted by Gasteiger charge is 2.25. The molecule has 4 aromatic rings. The number of Topliss-reactive ketones (excluding diaryl/α,β-unsaturated/α-hetero) is 1. The summed E-state index contributed by atoms with van der Waals surface area (Å²) in [6.07, 6.45) is 0.504. The van der Waals surface area contributed by atoms with Crippen LogP contribution in [0.4, 0.5) is 0 Å². The van der Waals surface area contributed by atoms with E-state index in [1.807, 2.05) is 84.9 Å². The maximum Gasteiger partial charge on any atom is 0.134 e. The highest BCUT2D eigenvalue weighted by molar-refractivity contribution is 9.10. The Hall–Kier alpha value is -3.51. The summed E-state index contributed by atoms with van der Waals surface area (Å²) in [6, 6.07) is 35.3. The minimum atomic E-state index is -0.252. The zero-order valence-electron chi connectivity index (χ0n) is 19.4. The molecule has 4 aromatic carbocycles. The van der Waals surface area contributed by atoms with Gasteiger partial charge in [-0.3, -0.25) is 4.79 Å². The molecule has 0 radical (unpaired) electrons. The van der Waals surface area contributed by atoms with Crippen LogP contribution in [0.5, 0.6) is 0 Å². The molecule has 5 heteroatoms. The van der Waals surface area contributed by atoms with Gasteiger partial charge in [-0.25, -0.2) is 0 Å². The molecule has 0 amide bonds. The molecule has 36 heavy (non-hydrogen) atoms. The van der Waals surface area contributed by atoms with Crippen LogP contribution in [0.25, 0.3) is 0 Å². The summed E-state index contributed by atoms with van der Waals surface area (Å²) in [7, 11) is 0. The highest BCUT2D eigenvalue weighted by Crippen LogP contribution is 2.36. The molecule has 2 unspecified atom stereocenters. The van der Waals surface area contributed by atoms with Crippen molar-refractivity contribution >= 4 is 37.6 Å². The van der Waals surface area contributed by atoms with Gasteiger partial charge >= 0.3 is 0 Å². The van der Waals surface area contributed by atoms with Crippen molar-refractivity contribution in [3.8, 4) is 12.1 Å². The molecule has 4 rings (SSSR count). The SMILES string of the molecule is N#Cc1ccccc1C(CC(=O)CC(c1ccc(Br)cc1)c1ccccc1C#N)c1ccc(Br)cc1. The molecule has 0 saturated carbocycles. The molecular weight excluding hydrogens is 576 g/mol. The van der Waals surface area contributed by atoms with E-state index in [4.69, 9.17) is 0 Å². The second kappa shape index (κ2) is 12.0. The minimum absolute atomic E-state index is 0.0660. The number of halogens is 2. The van der Waals surface area contributed by atoms with Crippen molar-refractivity contribution in [2.75, 3.05) is 0 Å². The van der Waals surface area contributed by atoms with Gasteiger partial charge < -0.3 is 0 Å². The second-order valence-corrected chi connectivity index (χ2v) is 10.4. The molecule has 0 aliphatic heterocycles. The first-order valence-electron chi connectivity index (χ1n) is 11.5. The largest absolute Gasteiger partial charge is 0.300 e. The zero-order chi connectivity index (χ0) is 25.5. The van der Waals surface area contributed by atoms with Gasteiger partial charge in [0.2, 0.25) is 0 Å². The van der Waals surface area contributed by atoms with E-state index in [1.165, 1.54) is 0 Å². The van der Waals surface area contributed by atoms with Gasteiger partial charge in [-0.1, -0.05) is 92.5 Å². The van der Waals surface area contributed by atoms with Crippen molar-refractivity contribution in [1.29, 1.82) is 10.5 Å². The molecule has 2 atom stereocenters. The van der Waals surface area contributed by atoms with E-state index in [9.17, 15) is 15.3 Å². The van der Waals surface area contributed by atoms with Crippen LogP contribution in [0.15, 0.2) is 106 Å². The molecule has 176 valence electrons. The van der Waals surface area contributed by atoms with Gasteiger partial charge in [0.15, 0.2) is 0 Å². The first-order chi connectivity index (χ1) is 17.5. The maximum atomic E-state index is 13.7. The van der Waals surface area contributed by atoms with E-state index < -0.39 is 0 Å². The Morgan fingerprint density at radius 2 is 0.972 bits per heavy atom. The molecule has 0 bridgehead atoms. The molecule has 0 spiro atoms. The molecule has 0 heterocycles. The van der Waals surface area contributed by atoms with Crippen molar-refractivity contribution in [1.82, 2.24) is 0 Å². The number of benzene rings is 4. The van der Waals surface area contributed by atoms with Gasteiger partial charge in [-0.05, 0) is 58.7 Å². The fourth-order valence-electron chi connectivity index (χ4n) is 4.55. The van der Waals surface area contributed by atoms with Gasteiger partial charge in [-0.2, -0.15) is 10.5 Å². The smallest absolute Gasteiger partial charge is 0.134 e. The van der Waals surface area contributed by atoms with E-state index in [0.29, 0.717) is 11.1 Å². The number of carbonyl (C=O) groups excluding carboxylic acids is 1. The van der Waals surface area contributed by atoms with Gasteiger partial charge in [0.05, 0.1) is 23.3 Å². The van der Waals surface area contributed by atoms with Crippen LogP contribution in [0.2, 0.25) is 0 Å². The summed E-state index contributed by atoms with van der Waals surface area (Å²) in [5.41, 5.74) is 4.77. The van der Waals surface area contributed by atoms with Crippen LogP contribution >= 0.6 is 31.9 Å². The number of nitrogens with zero attached hydrogens (tertiary/aromatic N) is 2. The van der Waals surface area contributed by atoms with Crippen molar-refractivity contribution in [3.63, 3.8) is 0 Å². The number of hydrogen-bond donors (Lipinski definition) is 0. The Morgan fingerprint density at radius 3 is 1.33 bits per heavy atom. The fourth-order valence-corrected chi connectivity index (χ4v) is 5.08. The first kappa shape index (κ1) is 25.6. The van der Waals surface area contributed by atoms with E-state index in [2.05, 4.69) is 44.0 Å². The topological polar surface area (TPSA) is 64.7 Å². The van der Waals surface area contributed by atoms with Crippen molar-refractivity contribution in [3.05, 3.63) is 139 Å². The number of ketones is 1. The summed E-state index contributed by atoms with van der Waals surface area (Å²) in [5, 5.41) is 19.5. The molecule has 0 fully saturated rings. The standard InChI is InChI=1S/C31H22Br2N2O/c32-25-13-9-21(10-14-25)30(28-7-3-1-5-23(28)19-34)17-27(36)18-31(22-11-15-26(33)16-12-22)29-8-4-2-6-24(29)20-35/h1-16,30-31H,17-18H2. The number of carbonyl (C=O) groups is 1. The molecule has 0 aliphatic carbocycles. The molecule has 0 saturated heterocycles. The summed E-state index contributed by atoms with van der Waals surface area (Å²) in [6.45, 7) is 0. The normalized spacial score (nSPS) is 12.2. The van der Waals surface area contributed by atoms with E-state index in [0.717, 1.165) is 31.2 Å². The van der Waals surface area contributed by atoms with Gasteiger partial charge in [0.1, 0.15) is 5.78 Å². The van der Waals surface area contributed by atoms with Gasteiger partial charge in [-0.15, -0.1) is 0 Å². The molecule has 0 aromatic heterocycles. The summed E-state index contributed by atoms with van der Waals surface area (Å²) in [4.78, 5) is 13.7. The Bertz CT molecular complexity index is 1340. The number of rotatable bonds is 8. The predicted octanol–water partition coefficient (Wildman–Crippen LogP) is 8.27. The summed E-state index contributed by atoms with van der Waals surface area (Å²) in [5.74, 6) is -0.437. The van der Waals surface area contributed by atoms with Crippen molar-refractivity contribution < 1.29 is 4.79 Å². The summed E-state index contributed by atoms with van der Waals surface area (Å²) >= 11 is 6.97. The van der Waals surface area contributed by atoms with Gasteiger partial charge in [0, 0.05) is 33.6 Å². The quantitative estimate of drug-likeness (QED) is 0.205. The Labute approximate surface area is 228 Å². The monoisotopic (exact) mass is 596 g/mol. The van der Waals surface area contributed by atoms with Crippen LogP contribution in [-0.2, 0) is 4.79 Å². The average molecular weight is 598 g/mol. The molecular formula is C31H22Br2N2O. The lowest BCUT2D eigenvalue weighted by Crippen LogP contribution is -2.15. The van der Waals surface area contributed by atoms with E-state index in [1.54, 1.807) is 12.1 Å². The molecule has 0 aliphatic rings. The Balaban J connectivity index is 1.71.